The second-order valence-electron chi connectivity index (χ2n) is 8.35. The van der Waals surface area contributed by atoms with E-state index in [0.717, 1.165) is 22.4 Å². The molecule has 0 saturated carbocycles. The normalized spacial score (nSPS) is 12.3. The topological polar surface area (TPSA) is 75.8 Å². The highest BCUT2D eigenvalue weighted by Gasteiger charge is 2.17. The van der Waals surface area contributed by atoms with Crippen molar-refractivity contribution in [3.05, 3.63) is 93.2 Å². The fourth-order valence-corrected chi connectivity index (χ4v) is 4.47. The van der Waals surface area contributed by atoms with Gasteiger partial charge in [0.15, 0.2) is 16.6 Å². The van der Waals surface area contributed by atoms with Crippen molar-refractivity contribution >= 4 is 45.5 Å². The number of anilines is 1. The van der Waals surface area contributed by atoms with Gasteiger partial charge >= 0.3 is 0 Å². The Morgan fingerprint density at radius 1 is 1.06 bits per heavy atom. The van der Waals surface area contributed by atoms with Crippen LogP contribution in [-0.2, 0) is 13.1 Å². The fraction of sp³-hybridized carbons (Fsp3) is 0.185. The Labute approximate surface area is 218 Å². The third kappa shape index (κ3) is 5.40. The third-order valence-corrected chi connectivity index (χ3v) is 6.44. The number of rotatable bonds is 6. The predicted octanol–water partition coefficient (Wildman–Crippen LogP) is 5.36. The fourth-order valence-electron chi connectivity index (χ4n) is 4.03. The second-order valence-corrected chi connectivity index (χ2v) is 9.17. The summed E-state index contributed by atoms with van der Waals surface area (Å²) in [6, 6.07) is 20.6. The number of ether oxygens (including phenoxy) is 3. The maximum atomic E-state index is 13.0. The van der Waals surface area contributed by atoms with E-state index in [1.165, 1.54) is 0 Å². The number of methoxy groups -OCH3 is 1. The van der Waals surface area contributed by atoms with Crippen LogP contribution in [0.25, 0.3) is 10.9 Å². The highest BCUT2D eigenvalue weighted by Crippen LogP contribution is 2.33. The first-order valence-electron chi connectivity index (χ1n) is 11.4. The molecular weight excluding hydrogens is 498 g/mol. The molecule has 36 heavy (non-hydrogen) atoms. The summed E-state index contributed by atoms with van der Waals surface area (Å²) in [6.07, 6.45) is 0. The molecule has 1 aliphatic heterocycles. The van der Waals surface area contributed by atoms with Crippen LogP contribution in [-0.4, -0.2) is 35.3 Å². The van der Waals surface area contributed by atoms with Crippen LogP contribution < -0.4 is 25.1 Å². The molecule has 0 unspecified atom stereocenters. The Balaban J connectivity index is 1.46. The number of benzene rings is 3. The van der Waals surface area contributed by atoms with E-state index in [1.807, 2.05) is 53.4 Å². The number of halogens is 1. The van der Waals surface area contributed by atoms with Crippen molar-refractivity contribution in [2.24, 2.45) is 0 Å². The Morgan fingerprint density at radius 3 is 2.53 bits per heavy atom. The molecular formula is C27H24ClN3O4S. The Morgan fingerprint density at radius 2 is 1.81 bits per heavy atom. The largest absolute Gasteiger partial charge is 0.497 e. The number of aromatic nitrogens is 1. The van der Waals surface area contributed by atoms with E-state index in [9.17, 15) is 4.79 Å². The molecule has 4 aromatic rings. The van der Waals surface area contributed by atoms with Crippen molar-refractivity contribution in [3.63, 3.8) is 0 Å². The lowest BCUT2D eigenvalue weighted by atomic mass is 10.1. The average Bonchev–Trinajstić information content (AvgIpc) is 2.88. The first kappa shape index (κ1) is 24.0. The van der Waals surface area contributed by atoms with Crippen molar-refractivity contribution in [2.45, 2.75) is 13.1 Å². The zero-order valence-electron chi connectivity index (χ0n) is 19.5. The molecule has 0 saturated heterocycles. The molecule has 1 aliphatic rings. The van der Waals surface area contributed by atoms with Crippen LogP contribution in [0.1, 0.15) is 11.1 Å². The van der Waals surface area contributed by atoms with Crippen LogP contribution in [0, 0.1) is 0 Å². The summed E-state index contributed by atoms with van der Waals surface area (Å²) in [5.74, 6) is 2.07. The Hall–Kier alpha value is -3.75. The molecule has 0 fully saturated rings. The molecule has 0 atom stereocenters. The van der Waals surface area contributed by atoms with Gasteiger partial charge in [-0.15, -0.1) is 0 Å². The molecule has 3 aromatic carbocycles. The SMILES string of the molecule is COc1ccc(CN(Cc2cc3cc4c(cc3[nH]c2=O)OCCO4)C(=S)Nc2cccc(Cl)c2)cc1. The van der Waals surface area contributed by atoms with Gasteiger partial charge in [-0.2, -0.15) is 0 Å². The monoisotopic (exact) mass is 521 g/mol. The molecule has 0 spiro atoms. The highest BCUT2D eigenvalue weighted by molar-refractivity contribution is 7.80. The lowest BCUT2D eigenvalue weighted by molar-refractivity contribution is 0.172. The van der Waals surface area contributed by atoms with Crippen molar-refractivity contribution in [3.8, 4) is 17.2 Å². The summed E-state index contributed by atoms with van der Waals surface area (Å²) in [4.78, 5) is 18.0. The van der Waals surface area contributed by atoms with Crippen LogP contribution >= 0.6 is 23.8 Å². The maximum absolute atomic E-state index is 13.0. The molecule has 184 valence electrons. The summed E-state index contributed by atoms with van der Waals surface area (Å²) in [7, 11) is 1.63. The highest BCUT2D eigenvalue weighted by atomic mass is 35.5. The van der Waals surface area contributed by atoms with Crippen molar-refractivity contribution in [1.29, 1.82) is 0 Å². The van der Waals surface area contributed by atoms with Gasteiger partial charge in [-0.1, -0.05) is 29.8 Å². The van der Waals surface area contributed by atoms with E-state index in [-0.39, 0.29) is 12.1 Å². The number of aromatic amines is 1. The van der Waals surface area contributed by atoms with Crippen LogP contribution in [0.2, 0.25) is 5.02 Å². The van der Waals surface area contributed by atoms with E-state index >= 15 is 0 Å². The van der Waals surface area contributed by atoms with Crippen LogP contribution in [0.15, 0.2) is 71.5 Å². The quantitative estimate of drug-likeness (QED) is 0.331. The van der Waals surface area contributed by atoms with Crippen molar-refractivity contribution in [1.82, 2.24) is 9.88 Å². The van der Waals surface area contributed by atoms with Crippen LogP contribution in [0.5, 0.6) is 17.2 Å². The van der Waals surface area contributed by atoms with Gasteiger partial charge in [-0.25, -0.2) is 0 Å². The van der Waals surface area contributed by atoms with Gasteiger partial charge < -0.3 is 29.4 Å². The number of nitrogens with zero attached hydrogens (tertiary/aromatic N) is 1. The standard InChI is InChI=1S/C27H24ClN3O4S/c1-33-22-7-5-17(6-8-22)15-31(27(36)29-21-4-2-3-20(28)13-21)16-19-11-18-12-24-25(35-10-9-34-24)14-23(18)30-26(19)32/h2-8,11-14H,9-10,15-16H2,1H3,(H,29,36)(H,30,32). The van der Waals surface area contributed by atoms with E-state index in [0.29, 0.717) is 52.5 Å². The maximum Gasteiger partial charge on any atom is 0.253 e. The van der Waals surface area contributed by atoms with Gasteiger partial charge in [0.1, 0.15) is 19.0 Å². The molecule has 0 amide bonds. The minimum Gasteiger partial charge on any atom is -0.497 e. The third-order valence-electron chi connectivity index (χ3n) is 5.84. The number of thiocarbonyl (C=S) groups is 1. The predicted molar refractivity (Wildman–Crippen MR) is 145 cm³/mol. The molecule has 0 bridgehead atoms. The van der Waals surface area contributed by atoms with Gasteiger partial charge in [-0.3, -0.25) is 4.79 Å². The summed E-state index contributed by atoms with van der Waals surface area (Å²) in [5.41, 5.74) is 2.85. The minimum atomic E-state index is -0.190. The van der Waals surface area contributed by atoms with Crippen LogP contribution in [0.4, 0.5) is 5.69 Å². The van der Waals surface area contributed by atoms with Crippen molar-refractivity contribution < 1.29 is 14.2 Å². The van der Waals surface area contributed by atoms with Crippen molar-refractivity contribution in [2.75, 3.05) is 25.6 Å². The molecule has 1 aromatic heterocycles. The molecule has 7 nitrogen and oxygen atoms in total. The first-order valence-corrected chi connectivity index (χ1v) is 12.2. The molecule has 2 N–H and O–H groups in total. The average molecular weight is 522 g/mol. The number of nitrogens with one attached hydrogen (secondary N) is 2. The smallest absolute Gasteiger partial charge is 0.253 e. The number of hydrogen-bond acceptors (Lipinski definition) is 5. The molecule has 0 radical (unpaired) electrons. The molecule has 0 aliphatic carbocycles. The molecule has 9 heteroatoms. The summed E-state index contributed by atoms with van der Waals surface area (Å²) in [5, 5.41) is 5.17. The zero-order valence-corrected chi connectivity index (χ0v) is 21.1. The van der Waals surface area contributed by atoms with E-state index in [2.05, 4.69) is 10.3 Å². The summed E-state index contributed by atoms with van der Waals surface area (Å²) in [6.45, 7) is 1.75. The second kappa shape index (κ2) is 10.5. The number of hydrogen-bond donors (Lipinski definition) is 2. The summed E-state index contributed by atoms with van der Waals surface area (Å²) >= 11 is 11.9. The Kier molecular flexibility index (Phi) is 6.97. The number of fused-ring (bicyclic) bond motifs is 2. The zero-order chi connectivity index (χ0) is 25.1. The van der Waals surface area contributed by atoms with Gasteiger partial charge in [0, 0.05) is 34.3 Å². The van der Waals surface area contributed by atoms with Gasteiger partial charge in [0.05, 0.1) is 19.2 Å². The molecule has 2 heterocycles. The molecule has 5 rings (SSSR count). The van der Waals surface area contributed by atoms with Gasteiger partial charge in [0.25, 0.3) is 5.56 Å². The Bertz CT molecular complexity index is 1470. The van der Waals surface area contributed by atoms with Gasteiger partial charge in [0.2, 0.25) is 0 Å². The van der Waals surface area contributed by atoms with E-state index in [4.69, 9.17) is 38.0 Å². The first-order chi connectivity index (χ1) is 17.5. The number of pyridine rings is 1. The van der Waals surface area contributed by atoms with Crippen LogP contribution in [0.3, 0.4) is 0 Å². The lowest BCUT2D eigenvalue weighted by Crippen LogP contribution is -2.35. The van der Waals surface area contributed by atoms with E-state index in [1.54, 1.807) is 25.3 Å². The van der Waals surface area contributed by atoms with E-state index < -0.39 is 0 Å². The summed E-state index contributed by atoms with van der Waals surface area (Å²) < 4.78 is 16.6. The minimum absolute atomic E-state index is 0.190. The van der Waals surface area contributed by atoms with Gasteiger partial charge in [-0.05, 0) is 60.2 Å². The number of H-pyrrole nitrogens is 1. The lowest BCUT2D eigenvalue weighted by Gasteiger charge is -2.26.